The summed E-state index contributed by atoms with van der Waals surface area (Å²) in [5.74, 6) is -1.99. The van der Waals surface area contributed by atoms with Crippen LogP contribution in [0.25, 0.3) is 0 Å². The molecule has 0 N–H and O–H groups in total. The Morgan fingerprint density at radius 1 is 1.15 bits per heavy atom. The molecule has 2 bridgehead atoms. The Hall–Kier alpha value is -2.90. The van der Waals surface area contributed by atoms with Crippen LogP contribution in [0.5, 0.6) is 0 Å². The second-order valence-electron chi connectivity index (χ2n) is 13.5. The lowest BCUT2D eigenvalue weighted by Crippen LogP contribution is -2.69. The summed E-state index contributed by atoms with van der Waals surface area (Å²) in [7, 11) is 1.36. The van der Waals surface area contributed by atoms with Gasteiger partial charge < -0.3 is 18.6 Å². The number of ether oxygens (including phenoxy) is 3. The van der Waals surface area contributed by atoms with E-state index in [-0.39, 0.29) is 53.7 Å². The van der Waals surface area contributed by atoms with Gasteiger partial charge in [-0.15, -0.1) is 0 Å². The van der Waals surface area contributed by atoms with Crippen LogP contribution in [0.1, 0.15) is 85.3 Å². The Balaban J connectivity index is 1.61. The molecule has 0 radical (unpaired) electrons. The summed E-state index contributed by atoms with van der Waals surface area (Å²) >= 11 is 0. The molecule has 0 spiro atoms. The van der Waals surface area contributed by atoms with Crippen LogP contribution < -0.4 is 0 Å². The number of esters is 3. The minimum absolute atomic E-state index is 0.0203. The molecule has 4 aliphatic rings. The van der Waals surface area contributed by atoms with Gasteiger partial charge in [0.15, 0.2) is 0 Å². The van der Waals surface area contributed by atoms with Crippen molar-refractivity contribution in [3.63, 3.8) is 0 Å². The summed E-state index contributed by atoms with van der Waals surface area (Å²) in [6, 6.07) is 1.85. The van der Waals surface area contributed by atoms with Gasteiger partial charge in [-0.2, -0.15) is 0 Å². The van der Waals surface area contributed by atoms with Crippen LogP contribution in [0, 0.1) is 45.8 Å². The third kappa shape index (κ3) is 4.07. The first-order chi connectivity index (χ1) is 18.8. The molecule has 9 atom stereocenters. The van der Waals surface area contributed by atoms with E-state index in [0.717, 1.165) is 18.4 Å². The number of cyclic esters (lactones) is 1. The fourth-order valence-corrected chi connectivity index (χ4v) is 9.23. The molecule has 3 unspecified atom stereocenters. The normalized spacial score (nSPS) is 40.4. The average molecular weight is 555 g/mol. The van der Waals surface area contributed by atoms with Crippen molar-refractivity contribution >= 4 is 23.7 Å². The quantitative estimate of drug-likeness (QED) is 0.263. The second-order valence-corrected chi connectivity index (χ2v) is 13.5. The molecule has 2 heterocycles. The highest BCUT2D eigenvalue weighted by molar-refractivity contribution is 5.92. The van der Waals surface area contributed by atoms with Gasteiger partial charge in [-0.3, -0.25) is 14.4 Å². The maximum absolute atomic E-state index is 14.5. The molecule has 5 rings (SSSR count). The fraction of sp³-hybridized carbons (Fsp3) is 0.688. The lowest BCUT2D eigenvalue weighted by Gasteiger charge is -2.66. The third-order valence-electron chi connectivity index (χ3n) is 11.4. The zero-order valence-electron chi connectivity index (χ0n) is 24.7. The summed E-state index contributed by atoms with van der Waals surface area (Å²) in [5.41, 5.74) is -0.529. The summed E-state index contributed by atoms with van der Waals surface area (Å²) in [5, 5.41) is 0. The number of Topliss-reactive ketones (excluding diaryl/α,β-unsaturated/α-hetero) is 1. The predicted molar refractivity (Wildman–Crippen MR) is 144 cm³/mol. The molecule has 8 heteroatoms. The molecule has 0 amide bonds. The summed E-state index contributed by atoms with van der Waals surface area (Å²) in [6.45, 7) is 11.7. The van der Waals surface area contributed by atoms with E-state index in [1.165, 1.54) is 7.11 Å². The molecule has 1 saturated heterocycles. The van der Waals surface area contributed by atoms with E-state index in [4.69, 9.17) is 18.6 Å². The molecule has 1 aromatic rings. The molecule has 1 aliphatic heterocycles. The van der Waals surface area contributed by atoms with Crippen LogP contribution >= 0.6 is 0 Å². The zero-order chi connectivity index (χ0) is 29.2. The lowest BCUT2D eigenvalue weighted by molar-refractivity contribution is -0.230. The van der Waals surface area contributed by atoms with Gasteiger partial charge in [0.25, 0.3) is 0 Å². The van der Waals surface area contributed by atoms with Gasteiger partial charge in [-0.25, -0.2) is 4.79 Å². The van der Waals surface area contributed by atoms with Gasteiger partial charge >= 0.3 is 17.9 Å². The van der Waals surface area contributed by atoms with E-state index in [1.807, 2.05) is 26.8 Å². The van der Waals surface area contributed by atoms with Crippen LogP contribution in [0.4, 0.5) is 0 Å². The van der Waals surface area contributed by atoms with E-state index in [2.05, 4.69) is 6.92 Å². The van der Waals surface area contributed by atoms with E-state index < -0.39 is 40.8 Å². The van der Waals surface area contributed by atoms with Crippen LogP contribution in [-0.4, -0.2) is 36.9 Å². The topological polar surface area (TPSA) is 109 Å². The molecule has 40 heavy (non-hydrogen) atoms. The minimum Gasteiger partial charge on any atom is -0.472 e. The molecule has 1 aromatic heterocycles. The number of ketones is 1. The summed E-state index contributed by atoms with van der Waals surface area (Å²) in [6.07, 6.45) is 6.21. The van der Waals surface area contributed by atoms with E-state index >= 15 is 0 Å². The molecule has 8 nitrogen and oxygen atoms in total. The fourth-order valence-electron chi connectivity index (χ4n) is 9.23. The monoisotopic (exact) mass is 554 g/mol. The number of carbonyl (C=O) groups is 4. The standard InChI is InChI=1S/C32H42O8/c1-8-17(2)29(36)40-28-20-13-19-21(32(6,26(20)35)23(30(28,3)4)15-24(33)37-7)9-11-31(5)22(19)14-25(34)39-27(31)18-10-12-38-16-18/h8,10,12,16,19-23,27-28H,9,11,13-15H2,1-7H3/b17-8+/t19?,20?,21?,22-,23-,27-,28+,31+,32-/m0/s1. The molecule has 0 aromatic carbocycles. The predicted octanol–water partition coefficient (Wildman–Crippen LogP) is 5.61. The van der Waals surface area contributed by atoms with Gasteiger partial charge in [0, 0.05) is 40.2 Å². The van der Waals surface area contributed by atoms with Crippen molar-refractivity contribution in [1.29, 1.82) is 0 Å². The largest absolute Gasteiger partial charge is 0.472 e. The van der Waals surface area contributed by atoms with Crippen molar-refractivity contribution in [3.8, 4) is 0 Å². The van der Waals surface area contributed by atoms with Gasteiger partial charge in [0.2, 0.25) is 0 Å². The zero-order valence-corrected chi connectivity index (χ0v) is 24.7. The van der Waals surface area contributed by atoms with Crippen molar-refractivity contribution in [2.45, 2.75) is 85.9 Å². The Morgan fingerprint density at radius 2 is 1.88 bits per heavy atom. The first-order valence-electron chi connectivity index (χ1n) is 14.5. The van der Waals surface area contributed by atoms with Gasteiger partial charge in [-0.05, 0) is 62.8 Å². The first kappa shape index (κ1) is 28.6. The molecule has 3 saturated carbocycles. The van der Waals surface area contributed by atoms with Crippen molar-refractivity contribution in [2.24, 2.45) is 45.8 Å². The number of allylic oxidation sites excluding steroid dienone is 1. The van der Waals surface area contributed by atoms with Crippen LogP contribution in [0.15, 0.2) is 34.7 Å². The SMILES string of the molecule is C/C=C(\C)C(=O)O[C@@H]1C2CC3C(CC[C@@]4(C)[C@H](c5ccoc5)OC(=O)C[C@@H]34)[C@](C)(C2=O)[C@@H](CC(=O)OC)C1(C)C. The van der Waals surface area contributed by atoms with Gasteiger partial charge in [0.1, 0.15) is 18.0 Å². The van der Waals surface area contributed by atoms with Gasteiger partial charge in [-0.1, -0.05) is 33.8 Å². The smallest absolute Gasteiger partial charge is 0.333 e. The molecule has 3 aliphatic carbocycles. The minimum atomic E-state index is -0.836. The van der Waals surface area contributed by atoms with Crippen molar-refractivity contribution in [1.82, 2.24) is 0 Å². The maximum atomic E-state index is 14.5. The molecular weight excluding hydrogens is 512 g/mol. The molecule has 4 fully saturated rings. The number of furan rings is 1. The Labute approximate surface area is 236 Å². The van der Waals surface area contributed by atoms with Crippen LogP contribution in [0.3, 0.4) is 0 Å². The van der Waals surface area contributed by atoms with E-state index in [9.17, 15) is 19.2 Å². The highest BCUT2D eigenvalue weighted by Crippen LogP contribution is 2.70. The lowest BCUT2D eigenvalue weighted by atomic mass is 9.37. The van der Waals surface area contributed by atoms with Crippen molar-refractivity contribution in [2.75, 3.05) is 7.11 Å². The first-order valence-corrected chi connectivity index (χ1v) is 14.5. The molecular formula is C32H42O8. The Bertz CT molecular complexity index is 1230. The van der Waals surface area contributed by atoms with Gasteiger partial charge in [0.05, 0.1) is 25.6 Å². The number of fused-ring (bicyclic) bond motifs is 6. The summed E-state index contributed by atoms with van der Waals surface area (Å²) < 4.78 is 22.6. The third-order valence-corrected chi connectivity index (χ3v) is 11.4. The number of rotatable bonds is 5. The number of methoxy groups -OCH3 is 1. The van der Waals surface area contributed by atoms with E-state index in [1.54, 1.807) is 32.4 Å². The maximum Gasteiger partial charge on any atom is 0.333 e. The van der Waals surface area contributed by atoms with Crippen LogP contribution in [-0.2, 0) is 33.4 Å². The number of carbonyl (C=O) groups excluding carboxylic acids is 4. The summed E-state index contributed by atoms with van der Waals surface area (Å²) in [4.78, 5) is 53.4. The highest BCUT2D eigenvalue weighted by atomic mass is 16.6. The Morgan fingerprint density at radius 3 is 2.50 bits per heavy atom. The Kier molecular flexibility index (Phi) is 7.07. The number of hydrogen-bond acceptors (Lipinski definition) is 8. The van der Waals surface area contributed by atoms with Crippen molar-refractivity contribution < 1.29 is 37.8 Å². The second kappa shape index (κ2) is 9.88. The average Bonchev–Trinajstić information content (AvgIpc) is 3.45. The van der Waals surface area contributed by atoms with Crippen molar-refractivity contribution in [3.05, 3.63) is 35.8 Å². The highest BCUT2D eigenvalue weighted by Gasteiger charge is 2.71. The van der Waals surface area contributed by atoms with Crippen LogP contribution in [0.2, 0.25) is 0 Å². The van der Waals surface area contributed by atoms with E-state index in [0.29, 0.717) is 12.0 Å². The number of hydrogen-bond donors (Lipinski definition) is 0. The molecule has 218 valence electrons.